The highest BCUT2D eigenvalue weighted by Gasteiger charge is 2.13. The lowest BCUT2D eigenvalue weighted by Crippen LogP contribution is -2.12. The molecule has 2 heterocycles. The first-order valence-corrected chi connectivity index (χ1v) is 9.79. The number of nitrogens with one attached hydrogen (secondary N) is 1. The van der Waals surface area contributed by atoms with E-state index in [1.54, 1.807) is 36.4 Å². The summed E-state index contributed by atoms with van der Waals surface area (Å²) in [5.41, 5.74) is 2.42. The number of fused-ring (bicyclic) bond motifs is 2. The molecule has 0 spiro atoms. The summed E-state index contributed by atoms with van der Waals surface area (Å²) < 4.78 is 6.42. The largest absolute Gasteiger partial charge is 0.422 e. The minimum absolute atomic E-state index is 0.281. The smallest absolute Gasteiger partial charge is 0.344 e. The van der Waals surface area contributed by atoms with E-state index in [0.29, 0.717) is 27.4 Å². The number of anilines is 1. The summed E-state index contributed by atoms with van der Waals surface area (Å²) in [6.45, 7) is 0. The Balaban J connectivity index is 1.48. The Morgan fingerprint density at radius 3 is 2.66 bits per heavy atom. The van der Waals surface area contributed by atoms with Gasteiger partial charge in [-0.3, -0.25) is 10.1 Å². The fourth-order valence-corrected chi connectivity index (χ4v) is 4.05. The number of hydrogen-bond donors (Lipinski definition) is 1. The van der Waals surface area contributed by atoms with Crippen LogP contribution < -0.4 is 10.9 Å². The van der Waals surface area contributed by atoms with Crippen LogP contribution in [0.2, 0.25) is 0 Å². The zero-order chi connectivity index (χ0) is 19.8. The standard InChI is InChI=1S/C23H14N2O3S/c26-21(25-23-24-18-9-2-4-11-20(18)29-23)16-8-5-7-14(12-16)17-13-15-6-1-3-10-19(15)28-22(17)27/h1-13H,(H,24,25,26). The molecule has 5 rings (SSSR count). The molecule has 0 aliphatic rings. The Kier molecular flexibility index (Phi) is 4.18. The monoisotopic (exact) mass is 398 g/mol. The average Bonchev–Trinajstić information content (AvgIpc) is 3.15. The third-order valence-corrected chi connectivity index (χ3v) is 5.54. The normalized spacial score (nSPS) is 11.0. The van der Waals surface area contributed by atoms with Crippen molar-refractivity contribution in [2.24, 2.45) is 0 Å². The predicted octanol–water partition coefficient (Wildman–Crippen LogP) is 5.32. The van der Waals surface area contributed by atoms with Crippen molar-refractivity contribution in [2.75, 3.05) is 5.32 Å². The molecule has 1 amide bonds. The van der Waals surface area contributed by atoms with Gasteiger partial charge in [0.2, 0.25) is 0 Å². The van der Waals surface area contributed by atoms with Gasteiger partial charge in [-0.2, -0.15) is 0 Å². The number of benzene rings is 3. The molecule has 0 saturated heterocycles. The summed E-state index contributed by atoms with van der Waals surface area (Å²) >= 11 is 1.42. The molecule has 3 aromatic carbocycles. The molecular formula is C23H14N2O3S. The van der Waals surface area contributed by atoms with Gasteiger partial charge < -0.3 is 4.42 Å². The Morgan fingerprint density at radius 2 is 1.76 bits per heavy atom. The van der Waals surface area contributed by atoms with E-state index in [-0.39, 0.29) is 5.91 Å². The first kappa shape index (κ1) is 17.3. The van der Waals surface area contributed by atoms with Crippen molar-refractivity contribution in [1.29, 1.82) is 0 Å². The molecule has 0 saturated carbocycles. The lowest BCUT2D eigenvalue weighted by molar-refractivity contribution is 0.102. The minimum atomic E-state index is -0.438. The predicted molar refractivity (Wildman–Crippen MR) is 115 cm³/mol. The Bertz CT molecular complexity index is 1400. The van der Waals surface area contributed by atoms with E-state index in [0.717, 1.165) is 15.6 Å². The minimum Gasteiger partial charge on any atom is -0.422 e. The van der Waals surface area contributed by atoms with Crippen molar-refractivity contribution >= 4 is 43.6 Å². The molecule has 5 nitrogen and oxygen atoms in total. The third kappa shape index (κ3) is 3.30. The number of rotatable bonds is 3. The molecule has 0 fully saturated rings. The number of hydrogen-bond acceptors (Lipinski definition) is 5. The maximum atomic E-state index is 12.7. The molecule has 29 heavy (non-hydrogen) atoms. The van der Waals surface area contributed by atoms with Crippen LogP contribution in [0.1, 0.15) is 10.4 Å². The molecule has 0 radical (unpaired) electrons. The second-order valence-electron chi connectivity index (χ2n) is 6.51. The van der Waals surface area contributed by atoms with Gasteiger partial charge in [-0.1, -0.05) is 53.8 Å². The molecule has 140 valence electrons. The number of aromatic nitrogens is 1. The van der Waals surface area contributed by atoms with Crippen LogP contribution in [0.5, 0.6) is 0 Å². The third-order valence-electron chi connectivity index (χ3n) is 4.59. The molecule has 5 aromatic rings. The van der Waals surface area contributed by atoms with Crippen LogP contribution in [0.15, 0.2) is 88.1 Å². The highest BCUT2D eigenvalue weighted by atomic mass is 32.1. The molecule has 0 atom stereocenters. The van der Waals surface area contributed by atoms with Gasteiger partial charge in [0.25, 0.3) is 5.91 Å². The lowest BCUT2D eigenvalue weighted by Gasteiger charge is -2.06. The summed E-state index contributed by atoms with van der Waals surface area (Å²) in [6, 6.07) is 23.7. The number of amides is 1. The number of carbonyl (C=O) groups excluding carboxylic acids is 1. The summed E-state index contributed by atoms with van der Waals surface area (Å²) in [5, 5.41) is 4.20. The second kappa shape index (κ2) is 7.00. The van der Waals surface area contributed by atoms with Crippen LogP contribution >= 0.6 is 11.3 Å². The topological polar surface area (TPSA) is 72.2 Å². The van der Waals surface area contributed by atoms with Crippen molar-refractivity contribution in [3.63, 3.8) is 0 Å². The van der Waals surface area contributed by atoms with E-state index in [1.165, 1.54) is 11.3 Å². The van der Waals surface area contributed by atoms with Crippen molar-refractivity contribution in [1.82, 2.24) is 4.98 Å². The van der Waals surface area contributed by atoms with E-state index in [4.69, 9.17) is 4.42 Å². The first-order chi connectivity index (χ1) is 14.2. The lowest BCUT2D eigenvalue weighted by atomic mass is 10.0. The molecule has 0 aliphatic heterocycles. The maximum Gasteiger partial charge on any atom is 0.344 e. The van der Waals surface area contributed by atoms with Gasteiger partial charge in [-0.05, 0) is 42.0 Å². The number of nitrogens with zero attached hydrogens (tertiary/aromatic N) is 1. The average molecular weight is 398 g/mol. The van der Waals surface area contributed by atoms with Gasteiger partial charge in [0.05, 0.1) is 15.8 Å². The van der Waals surface area contributed by atoms with Crippen LogP contribution in [0.3, 0.4) is 0 Å². The summed E-state index contributed by atoms with van der Waals surface area (Å²) in [7, 11) is 0. The summed E-state index contributed by atoms with van der Waals surface area (Å²) in [6.07, 6.45) is 0. The van der Waals surface area contributed by atoms with E-state index in [1.807, 2.05) is 42.5 Å². The van der Waals surface area contributed by atoms with Crippen molar-refractivity contribution in [2.45, 2.75) is 0 Å². The highest BCUT2D eigenvalue weighted by Crippen LogP contribution is 2.26. The second-order valence-corrected chi connectivity index (χ2v) is 7.54. The van der Waals surface area contributed by atoms with Crippen LogP contribution in [0.25, 0.3) is 32.3 Å². The van der Waals surface area contributed by atoms with E-state index < -0.39 is 5.63 Å². The van der Waals surface area contributed by atoms with Crippen molar-refractivity contribution in [3.8, 4) is 11.1 Å². The zero-order valence-electron chi connectivity index (χ0n) is 15.1. The SMILES string of the molecule is O=C(Nc1nc2ccccc2s1)c1cccc(-c2cc3ccccc3oc2=O)c1. The number of thiazole rings is 1. The van der Waals surface area contributed by atoms with Gasteiger partial charge in [0, 0.05) is 10.9 Å². The van der Waals surface area contributed by atoms with E-state index >= 15 is 0 Å². The van der Waals surface area contributed by atoms with Gasteiger partial charge in [-0.25, -0.2) is 9.78 Å². The number of para-hydroxylation sites is 2. The van der Waals surface area contributed by atoms with Crippen LogP contribution in [-0.4, -0.2) is 10.9 Å². The summed E-state index contributed by atoms with van der Waals surface area (Å²) in [4.78, 5) is 29.6. The number of carbonyl (C=O) groups is 1. The molecule has 1 N–H and O–H groups in total. The van der Waals surface area contributed by atoms with Gasteiger partial charge in [0.1, 0.15) is 5.58 Å². The molecular weight excluding hydrogens is 384 g/mol. The van der Waals surface area contributed by atoms with Crippen LogP contribution in [0.4, 0.5) is 5.13 Å². The fraction of sp³-hybridized carbons (Fsp3) is 0. The maximum absolute atomic E-state index is 12.7. The van der Waals surface area contributed by atoms with Crippen LogP contribution in [0, 0.1) is 0 Å². The Hall–Kier alpha value is -3.77. The Labute approximate surface area is 169 Å². The zero-order valence-corrected chi connectivity index (χ0v) is 15.9. The summed E-state index contributed by atoms with van der Waals surface area (Å²) in [5.74, 6) is -0.281. The van der Waals surface area contributed by atoms with Crippen molar-refractivity contribution < 1.29 is 9.21 Å². The van der Waals surface area contributed by atoms with Gasteiger partial charge in [0.15, 0.2) is 5.13 Å². The highest BCUT2D eigenvalue weighted by molar-refractivity contribution is 7.22. The van der Waals surface area contributed by atoms with E-state index in [2.05, 4.69) is 10.3 Å². The molecule has 0 bridgehead atoms. The fourth-order valence-electron chi connectivity index (χ4n) is 3.19. The molecule has 2 aromatic heterocycles. The quantitative estimate of drug-likeness (QED) is 0.417. The van der Waals surface area contributed by atoms with Gasteiger partial charge >= 0.3 is 5.63 Å². The van der Waals surface area contributed by atoms with Crippen LogP contribution in [-0.2, 0) is 0 Å². The molecule has 0 aliphatic carbocycles. The van der Waals surface area contributed by atoms with E-state index in [9.17, 15) is 9.59 Å². The molecule has 6 heteroatoms. The first-order valence-electron chi connectivity index (χ1n) is 8.98. The Morgan fingerprint density at radius 1 is 0.931 bits per heavy atom. The van der Waals surface area contributed by atoms with Gasteiger partial charge in [-0.15, -0.1) is 0 Å². The van der Waals surface area contributed by atoms with Crippen molar-refractivity contribution in [3.05, 3.63) is 94.8 Å². The molecule has 0 unspecified atom stereocenters.